The predicted octanol–water partition coefficient (Wildman–Crippen LogP) is 0.0627. The zero-order chi connectivity index (χ0) is 8.78. The average molecular weight is 184 g/mol. The molecule has 72 valence electrons. The van der Waals surface area contributed by atoms with Crippen molar-refractivity contribution in [1.82, 2.24) is 0 Å². The second-order valence-corrected chi connectivity index (χ2v) is 3.92. The zero-order valence-electron chi connectivity index (χ0n) is 7.38. The van der Waals surface area contributed by atoms with Crippen LogP contribution in [-0.2, 0) is 18.9 Å². The molecule has 1 aliphatic carbocycles. The molecule has 0 aromatic rings. The van der Waals surface area contributed by atoms with E-state index in [4.69, 9.17) is 18.9 Å². The number of rotatable bonds is 0. The van der Waals surface area contributed by atoms with E-state index in [-0.39, 0.29) is 10.8 Å². The van der Waals surface area contributed by atoms with Crippen LogP contribution in [0.15, 0.2) is 0 Å². The monoisotopic (exact) mass is 184 g/mol. The summed E-state index contributed by atoms with van der Waals surface area (Å²) in [4.78, 5) is 0. The van der Waals surface area contributed by atoms with Gasteiger partial charge in [0, 0.05) is 17.3 Å². The Morgan fingerprint density at radius 1 is 0.692 bits per heavy atom. The van der Waals surface area contributed by atoms with E-state index >= 15 is 0 Å². The third-order valence-corrected chi connectivity index (χ3v) is 3.06. The first-order chi connectivity index (χ1) is 6.37. The van der Waals surface area contributed by atoms with Crippen LogP contribution in [0.5, 0.6) is 0 Å². The quantitative estimate of drug-likeness (QED) is 0.533. The largest absolute Gasteiger partial charge is 0.355 e. The number of fused-ring (bicyclic) bond motifs is 1. The molecule has 2 saturated heterocycles. The van der Waals surface area contributed by atoms with Crippen molar-refractivity contribution in [3.8, 4) is 0 Å². The summed E-state index contributed by atoms with van der Waals surface area (Å²) in [6.45, 7) is 3.58. The maximum absolute atomic E-state index is 5.28. The smallest absolute Gasteiger partial charge is 0.146 e. The minimum Gasteiger partial charge on any atom is -0.355 e. The van der Waals surface area contributed by atoms with Gasteiger partial charge in [0.1, 0.15) is 13.6 Å². The molecule has 4 heteroatoms. The van der Waals surface area contributed by atoms with Crippen molar-refractivity contribution < 1.29 is 18.9 Å². The van der Waals surface area contributed by atoms with Gasteiger partial charge in [-0.2, -0.15) is 0 Å². The molecule has 0 unspecified atom stereocenters. The lowest BCUT2D eigenvalue weighted by atomic mass is 9.94. The van der Waals surface area contributed by atoms with Crippen molar-refractivity contribution in [3.05, 3.63) is 6.42 Å². The summed E-state index contributed by atoms with van der Waals surface area (Å²) in [7, 11) is 0. The maximum Gasteiger partial charge on any atom is 0.146 e. The Bertz CT molecular complexity index is 182. The molecule has 2 radical (unpaired) electrons. The normalized spacial score (nSPS) is 35.1. The summed E-state index contributed by atoms with van der Waals surface area (Å²) in [5, 5.41) is 0. The van der Waals surface area contributed by atoms with E-state index in [1.165, 1.54) is 0 Å². The van der Waals surface area contributed by atoms with Crippen LogP contribution in [0.25, 0.3) is 0 Å². The van der Waals surface area contributed by atoms with Crippen LogP contribution in [-0.4, -0.2) is 40.0 Å². The van der Waals surface area contributed by atoms with E-state index in [9.17, 15) is 0 Å². The number of hydrogen-bond acceptors (Lipinski definition) is 4. The highest BCUT2D eigenvalue weighted by Gasteiger charge is 2.70. The molecular formula is C9H12O4. The van der Waals surface area contributed by atoms with E-state index in [2.05, 4.69) is 6.42 Å². The van der Waals surface area contributed by atoms with Crippen molar-refractivity contribution in [1.29, 1.82) is 0 Å². The average Bonchev–Trinajstić information content (AvgIpc) is 2.74. The van der Waals surface area contributed by atoms with Crippen LogP contribution >= 0.6 is 0 Å². The summed E-state index contributed by atoms with van der Waals surface area (Å²) < 4.78 is 21.1. The lowest BCUT2D eigenvalue weighted by molar-refractivity contribution is -0.183. The standard InChI is InChI=1S/C9H12O4/c1-8(2-10-6-11-3-8)9(1)4-12-7-13-5-9/h2-7H2. The van der Waals surface area contributed by atoms with E-state index < -0.39 is 0 Å². The molecular weight excluding hydrogens is 172 g/mol. The van der Waals surface area contributed by atoms with E-state index in [0.717, 1.165) is 0 Å². The molecule has 0 bridgehead atoms. The molecule has 1 saturated carbocycles. The molecule has 2 aliphatic heterocycles. The van der Waals surface area contributed by atoms with Crippen LogP contribution in [0.2, 0.25) is 0 Å². The molecule has 3 rings (SSSR count). The Balaban J connectivity index is 1.73. The zero-order valence-corrected chi connectivity index (χ0v) is 7.38. The van der Waals surface area contributed by atoms with Gasteiger partial charge >= 0.3 is 0 Å². The third kappa shape index (κ3) is 1.06. The lowest BCUT2D eigenvalue weighted by Crippen LogP contribution is -2.38. The molecule has 3 fully saturated rings. The van der Waals surface area contributed by atoms with Crippen LogP contribution < -0.4 is 0 Å². The van der Waals surface area contributed by atoms with E-state index in [0.29, 0.717) is 40.0 Å². The molecule has 13 heavy (non-hydrogen) atoms. The van der Waals surface area contributed by atoms with Crippen LogP contribution in [0.4, 0.5) is 0 Å². The van der Waals surface area contributed by atoms with E-state index in [1.54, 1.807) is 0 Å². The molecule has 2 heterocycles. The third-order valence-electron chi connectivity index (χ3n) is 3.06. The lowest BCUT2D eigenvalue weighted by Gasteiger charge is -2.31. The van der Waals surface area contributed by atoms with Gasteiger partial charge in [-0.3, -0.25) is 0 Å². The molecule has 0 aromatic carbocycles. The fourth-order valence-electron chi connectivity index (χ4n) is 2.19. The van der Waals surface area contributed by atoms with Crippen LogP contribution in [0.1, 0.15) is 0 Å². The summed E-state index contributed by atoms with van der Waals surface area (Å²) in [5.74, 6) is 0. The Labute approximate surface area is 77.1 Å². The first-order valence-corrected chi connectivity index (χ1v) is 4.47. The summed E-state index contributed by atoms with van der Waals surface area (Å²) >= 11 is 0. The van der Waals surface area contributed by atoms with Gasteiger partial charge < -0.3 is 18.9 Å². The van der Waals surface area contributed by atoms with Crippen LogP contribution in [0, 0.1) is 17.3 Å². The van der Waals surface area contributed by atoms with Crippen molar-refractivity contribution in [2.24, 2.45) is 10.8 Å². The highest BCUT2D eigenvalue weighted by molar-refractivity contribution is 5.30. The summed E-state index contributed by atoms with van der Waals surface area (Å²) in [6, 6.07) is 0. The highest BCUT2D eigenvalue weighted by atomic mass is 16.7. The maximum atomic E-state index is 5.28. The van der Waals surface area contributed by atoms with Gasteiger partial charge in [0.2, 0.25) is 0 Å². The molecule has 4 nitrogen and oxygen atoms in total. The molecule has 0 amide bonds. The number of ether oxygens (including phenoxy) is 4. The molecule has 0 N–H and O–H groups in total. The molecule has 3 aliphatic rings. The van der Waals surface area contributed by atoms with Crippen molar-refractivity contribution in [3.63, 3.8) is 0 Å². The minimum absolute atomic E-state index is 0.0499. The van der Waals surface area contributed by atoms with Gasteiger partial charge in [-0.05, 0) is 0 Å². The fraction of sp³-hybridized carbons (Fsp3) is 0.889. The van der Waals surface area contributed by atoms with Gasteiger partial charge in [-0.25, -0.2) is 0 Å². The fourth-order valence-corrected chi connectivity index (χ4v) is 2.19. The SMILES string of the molecule is [C]1C2(COCOC2)C12COCOC2. The summed E-state index contributed by atoms with van der Waals surface area (Å²) in [5.41, 5.74) is -0.0999. The Morgan fingerprint density at radius 3 is 1.46 bits per heavy atom. The van der Waals surface area contributed by atoms with Gasteiger partial charge in [0.25, 0.3) is 0 Å². The molecule has 2 spiro atoms. The van der Waals surface area contributed by atoms with Gasteiger partial charge in [-0.1, -0.05) is 0 Å². The Kier molecular flexibility index (Phi) is 1.68. The van der Waals surface area contributed by atoms with Gasteiger partial charge in [-0.15, -0.1) is 0 Å². The van der Waals surface area contributed by atoms with Gasteiger partial charge in [0.05, 0.1) is 26.4 Å². The number of hydrogen-bond donors (Lipinski definition) is 0. The second-order valence-electron chi connectivity index (χ2n) is 3.92. The topological polar surface area (TPSA) is 36.9 Å². The Morgan fingerprint density at radius 2 is 1.08 bits per heavy atom. The van der Waals surface area contributed by atoms with Crippen molar-refractivity contribution in [2.45, 2.75) is 0 Å². The predicted molar refractivity (Wildman–Crippen MR) is 41.7 cm³/mol. The highest BCUT2D eigenvalue weighted by Crippen LogP contribution is 2.64. The molecule has 0 atom stereocenters. The van der Waals surface area contributed by atoms with E-state index in [1.807, 2.05) is 0 Å². The van der Waals surface area contributed by atoms with Gasteiger partial charge in [0.15, 0.2) is 0 Å². The van der Waals surface area contributed by atoms with Crippen molar-refractivity contribution in [2.75, 3.05) is 40.0 Å². The Hall–Kier alpha value is -0.160. The van der Waals surface area contributed by atoms with Crippen molar-refractivity contribution >= 4 is 0 Å². The first kappa shape index (κ1) is 8.17. The first-order valence-electron chi connectivity index (χ1n) is 4.47. The summed E-state index contributed by atoms with van der Waals surface area (Å²) in [6.07, 6.45) is 3.40. The minimum atomic E-state index is -0.0499. The molecule has 0 aromatic heterocycles. The second kappa shape index (κ2) is 2.67. The van der Waals surface area contributed by atoms with Crippen LogP contribution in [0.3, 0.4) is 0 Å².